The number of rotatable bonds is 4. The molecule has 1 N–H and O–H groups in total. The minimum absolute atomic E-state index is 0.0466. The summed E-state index contributed by atoms with van der Waals surface area (Å²) in [4.78, 5) is 15.8. The fourth-order valence-electron chi connectivity index (χ4n) is 2.23. The molecule has 1 heterocycles. The number of likely N-dealkylation sites (N-methyl/N-ethyl adjacent to an activating group) is 1. The van der Waals surface area contributed by atoms with Crippen molar-refractivity contribution < 1.29 is 13.6 Å². The van der Waals surface area contributed by atoms with E-state index in [4.69, 9.17) is 0 Å². The molecule has 0 aliphatic carbocycles. The number of carbonyl (C=O) groups is 1. The predicted molar refractivity (Wildman–Crippen MR) is 72.6 cm³/mol. The van der Waals surface area contributed by atoms with Gasteiger partial charge in [-0.1, -0.05) is 0 Å². The Balaban J connectivity index is 1.90. The second-order valence-electron chi connectivity index (χ2n) is 4.98. The summed E-state index contributed by atoms with van der Waals surface area (Å²) < 4.78 is 26.2. The summed E-state index contributed by atoms with van der Waals surface area (Å²) in [6.45, 7) is 5.12. The molecule has 1 aromatic rings. The number of nitrogens with zero attached hydrogens (tertiary/aromatic N) is 2. The van der Waals surface area contributed by atoms with Gasteiger partial charge in [0.2, 0.25) is 0 Å². The van der Waals surface area contributed by atoms with E-state index in [2.05, 4.69) is 10.2 Å². The number of halogens is 2. The fourth-order valence-corrected chi connectivity index (χ4v) is 2.23. The molecule has 20 heavy (non-hydrogen) atoms. The van der Waals surface area contributed by atoms with Crippen LogP contribution in [0.1, 0.15) is 10.4 Å². The Bertz CT molecular complexity index is 455. The van der Waals surface area contributed by atoms with Crippen LogP contribution in [0.4, 0.5) is 8.78 Å². The van der Waals surface area contributed by atoms with Crippen LogP contribution in [0.5, 0.6) is 0 Å². The summed E-state index contributed by atoms with van der Waals surface area (Å²) in [7, 11) is 1.65. The molecular formula is C14H19F2N3O. The number of hydrogen-bond donors (Lipinski definition) is 1. The average Bonchev–Trinajstić information content (AvgIpc) is 2.44. The van der Waals surface area contributed by atoms with E-state index >= 15 is 0 Å². The highest BCUT2D eigenvalue weighted by molar-refractivity contribution is 5.94. The Hall–Kier alpha value is -1.53. The lowest BCUT2D eigenvalue weighted by molar-refractivity contribution is 0.0774. The number of hydrogen-bond acceptors (Lipinski definition) is 3. The monoisotopic (exact) mass is 283 g/mol. The molecule has 0 aromatic heterocycles. The van der Waals surface area contributed by atoms with Crippen molar-refractivity contribution in [2.45, 2.75) is 0 Å². The van der Waals surface area contributed by atoms with Crippen LogP contribution in [0.25, 0.3) is 0 Å². The molecule has 2 rings (SSSR count). The summed E-state index contributed by atoms with van der Waals surface area (Å²) in [5.74, 6) is -1.83. The largest absolute Gasteiger partial charge is 0.340 e. The Morgan fingerprint density at radius 3 is 2.45 bits per heavy atom. The Kier molecular flexibility index (Phi) is 5.03. The van der Waals surface area contributed by atoms with Gasteiger partial charge >= 0.3 is 0 Å². The van der Waals surface area contributed by atoms with Gasteiger partial charge in [0.25, 0.3) is 5.91 Å². The van der Waals surface area contributed by atoms with Crippen molar-refractivity contribution >= 4 is 5.91 Å². The van der Waals surface area contributed by atoms with Crippen LogP contribution in [0.3, 0.4) is 0 Å². The predicted octanol–water partition coefficient (Wildman–Crippen LogP) is 0.942. The Morgan fingerprint density at radius 1 is 1.25 bits per heavy atom. The lowest BCUT2D eigenvalue weighted by Crippen LogP contribution is -2.46. The van der Waals surface area contributed by atoms with Crippen molar-refractivity contribution in [3.8, 4) is 0 Å². The molecule has 1 aliphatic heterocycles. The molecule has 0 spiro atoms. The summed E-state index contributed by atoms with van der Waals surface area (Å²) >= 11 is 0. The normalized spacial score (nSPS) is 16.1. The lowest BCUT2D eigenvalue weighted by Gasteiger charge is -2.29. The van der Waals surface area contributed by atoms with Crippen LogP contribution in [0.2, 0.25) is 0 Å². The molecule has 110 valence electrons. The second-order valence-corrected chi connectivity index (χ2v) is 4.98. The maximum absolute atomic E-state index is 13.1. The summed E-state index contributed by atoms with van der Waals surface area (Å²) in [5, 5.41) is 3.26. The number of piperazine rings is 1. The zero-order chi connectivity index (χ0) is 14.5. The van der Waals surface area contributed by atoms with Gasteiger partial charge in [0.15, 0.2) is 0 Å². The van der Waals surface area contributed by atoms with E-state index in [9.17, 15) is 13.6 Å². The number of benzene rings is 1. The summed E-state index contributed by atoms with van der Waals surface area (Å²) in [6.07, 6.45) is 0. The smallest absolute Gasteiger partial charge is 0.253 e. The van der Waals surface area contributed by atoms with Crippen molar-refractivity contribution in [3.63, 3.8) is 0 Å². The zero-order valence-electron chi connectivity index (χ0n) is 11.5. The van der Waals surface area contributed by atoms with E-state index < -0.39 is 11.6 Å². The summed E-state index contributed by atoms with van der Waals surface area (Å²) in [5.41, 5.74) is 0.0466. The van der Waals surface area contributed by atoms with Crippen LogP contribution in [0, 0.1) is 11.6 Å². The van der Waals surface area contributed by atoms with Gasteiger partial charge in [-0.3, -0.25) is 9.69 Å². The second kappa shape index (κ2) is 6.76. The highest BCUT2D eigenvalue weighted by Crippen LogP contribution is 2.10. The van der Waals surface area contributed by atoms with E-state index in [1.165, 1.54) is 4.90 Å². The van der Waals surface area contributed by atoms with Crippen molar-refractivity contribution in [1.82, 2.24) is 15.1 Å². The average molecular weight is 283 g/mol. The molecule has 0 bridgehead atoms. The van der Waals surface area contributed by atoms with Crippen LogP contribution in [0.15, 0.2) is 18.2 Å². The van der Waals surface area contributed by atoms with E-state index in [-0.39, 0.29) is 11.5 Å². The van der Waals surface area contributed by atoms with Gasteiger partial charge in [0, 0.05) is 57.9 Å². The third kappa shape index (κ3) is 3.98. The molecule has 0 atom stereocenters. The standard InChI is InChI=1S/C14H19F2N3O/c1-18(6-7-19-4-2-17-3-5-19)14(20)11-8-12(15)10-13(16)9-11/h8-10,17H,2-7H2,1H3. The molecular weight excluding hydrogens is 264 g/mol. The van der Waals surface area contributed by atoms with Gasteiger partial charge in [-0.05, 0) is 12.1 Å². The first-order valence-electron chi connectivity index (χ1n) is 6.71. The molecule has 0 radical (unpaired) electrons. The van der Waals surface area contributed by atoms with E-state index in [0.29, 0.717) is 6.54 Å². The van der Waals surface area contributed by atoms with Crippen LogP contribution in [-0.4, -0.2) is 62.0 Å². The van der Waals surface area contributed by atoms with E-state index in [0.717, 1.165) is 50.9 Å². The molecule has 0 saturated carbocycles. The molecule has 1 amide bonds. The maximum atomic E-state index is 13.1. The maximum Gasteiger partial charge on any atom is 0.253 e. The first-order chi connectivity index (χ1) is 9.56. The molecule has 6 heteroatoms. The van der Waals surface area contributed by atoms with Gasteiger partial charge in [0.1, 0.15) is 11.6 Å². The minimum atomic E-state index is -0.733. The first-order valence-corrected chi connectivity index (χ1v) is 6.71. The summed E-state index contributed by atoms with van der Waals surface area (Å²) in [6, 6.07) is 2.89. The van der Waals surface area contributed by atoms with Gasteiger partial charge in [-0.15, -0.1) is 0 Å². The molecule has 1 aliphatic rings. The first kappa shape index (κ1) is 14.9. The third-order valence-corrected chi connectivity index (χ3v) is 3.42. The van der Waals surface area contributed by atoms with Gasteiger partial charge < -0.3 is 10.2 Å². The van der Waals surface area contributed by atoms with Crippen molar-refractivity contribution in [2.24, 2.45) is 0 Å². The molecule has 0 unspecified atom stereocenters. The van der Waals surface area contributed by atoms with Gasteiger partial charge in [-0.2, -0.15) is 0 Å². The number of carbonyl (C=O) groups excluding carboxylic acids is 1. The number of amides is 1. The molecule has 4 nitrogen and oxygen atoms in total. The van der Waals surface area contributed by atoms with Crippen LogP contribution in [-0.2, 0) is 0 Å². The Morgan fingerprint density at radius 2 is 1.85 bits per heavy atom. The van der Waals surface area contributed by atoms with Crippen molar-refractivity contribution in [1.29, 1.82) is 0 Å². The Labute approximate surface area is 117 Å². The van der Waals surface area contributed by atoms with E-state index in [1.54, 1.807) is 7.05 Å². The highest BCUT2D eigenvalue weighted by Gasteiger charge is 2.16. The van der Waals surface area contributed by atoms with Crippen molar-refractivity contribution in [3.05, 3.63) is 35.4 Å². The third-order valence-electron chi connectivity index (χ3n) is 3.42. The number of nitrogens with one attached hydrogen (secondary N) is 1. The molecule has 1 saturated heterocycles. The zero-order valence-corrected chi connectivity index (χ0v) is 11.5. The van der Waals surface area contributed by atoms with Crippen LogP contribution >= 0.6 is 0 Å². The SMILES string of the molecule is CN(CCN1CCNCC1)C(=O)c1cc(F)cc(F)c1. The van der Waals surface area contributed by atoms with E-state index in [1.807, 2.05) is 0 Å². The fraction of sp³-hybridized carbons (Fsp3) is 0.500. The van der Waals surface area contributed by atoms with Gasteiger partial charge in [0.05, 0.1) is 0 Å². The highest BCUT2D eigenvalue weighted by atomic mass is 19.1. The lowest BCUT2D eigenvalue weighted by atomic mass is 10.2. The minimum Gasteiger partial charge on any atom is -0.340 e. The van der Waals surface area contributed by atoms with Crippen LogP contribution < -0.4 is 5.32 Å². The molecule has 1 fully saturated rings. The van der Waals surface area contributed by atoms with Gasteiger partial charge in [-0.25, -0.2) is 8.78 Å². The van der Waals surface area contributed by atoms with Crippen molar-refractivity contribution in [2.75, 3.05) is 46.3 Å². The quantitative estimate of drug-likeness (QED) is 0.893. The molecule has 1 aromatic carbocycles. The topological polar surface area (TPSA) is 35.6 Å².